The standard InChI is InChI=1S/C14H18N2O/c1-2-11-5-3-4-6-13(11)14(17)16-12-7-9-15-10-8-12/h2-6,12,15H,1,7-10H2,(H,16,17). The third-order valence-corrected chi connectivity index (χ3v) is 3.10. The van der Waals surface area contributed by atoms with Crippen molar-refractivity contribution >= 4 is 12.0 Å². The minimum absolute atomic E-state index is 0.00685. The molecule has 0 aliphatic carbocycles. The van der Waals surface area contributed by atoms with Gasteiger partial charge in [-0.2, -0.15) is 0 Å². The van der Waals surface area contributed by atoms with Crippen molar-refractivity contribution in [3.05, 3.63) is 42.0 Å². The SMILES string of the molecule is C=Cc1ccccc1C(=O)NC1CCNCC1. The summed E-state index contributed by atoms with van der Waals surface area (Å²) in [6, 6.07) is 7.84. The fraction of sp³-hybridized carbons (Fsp3) is 0.357. The van der Waals surface area contributed by atoms with E-state index in [9.17, 15) is 4.79 Å². The van der Waals surface area contributed by atoms with Gasteiger partial charge in [0.1, 0.15) is 0 Å². The van der Waals surface area contributed by atoms with Crippen LogP contribution >= 0.6 is 0 Å². The molecule has 3 nitrogen and oxygen atoms in total. The molecule has 1 heterocycles. The lowest BCUT2D eigenvalue weighted by Gasteiger charge is -2.24. The van der Waals surface area contributed by atoms with Crippen molar-refractivity contribution in [1.29, 1.82) is 0 Å². The number of nitrogens with one attached hydrogen (secondary N) is 2. The van der Waals surface area contributed by atoms with Crippen molar-refractivity contribution in [3.8, 4) is 0 Å². The highest BCUT2D eigenvalue weighted by molar-refractivity contribution is 5.97. The van der Waals surface area contributed by atoms with Crippen LogP contribution in [0.5, 0.6) is 0 Å². The highest BCUT2D eigenvalue weighted by Gasteiger charge is 2.17. The lowest BCUT2D eigenvalue weighted by Crippen LogP contribution is -2.42. The number of benzene rings is 1. The maximum Gasteiger partial charge on any atom is 0.252 e. The second kappa shape index (κ2) is 5.64. The van der Waals surface area contributed by atoms with Gasteiger partial charge in [-0.05, 0) is 37.6 Å². The van der Waals surface area contributed by atoms with Gasteiger partial charge in [0.25, 0.3) is 5.91 Å². The van der Waals surface area contributed by atoms with Crippen LogP contribution in [0, 0.1) is 0 Å². The number of piperidine rings is 1. The number of hydrogen-bond acceptors (Lipinski definition) is 2. The zero-order chi connectivity index (χ0) is 12.1. The van der Waals surface area contributed by atoms with E-state index >= 15 is 0 Å². The molecule has 1 aromatic carbocycles. The van der Waals surface area contributed by atoms with Crippen molar-refractivity contribution in [1.82, 2.24) is 10.6 Å². The molecule has 0 unspecified atom stereocenters. The quantitative estimate of drug-likeness (QED) is 0.831. The Morgan fingerprint density at radius 3 is 2.76 bits per heavy atom. The summed E-state index contributed by atoms with van der Waals surface area (Å²) >= 11 is 0. The van der Waals surface area contributed by atoms with E-state index in [4.69, 9.17) is 0 Å². The summed E-state index contributed by atoms with van der Waals surface area (Å²) < 4.78 is 0. The summed E-state index contributed by atoms with van der Waals surface area (Å²) in [7, 11) is 0. The minimum Gasteiger partial charge on any atom is -0.349 e. The molecule has 0 radical (unpaired) electrons. The topological polar surface area (TPSA) is 41.1 Å². The molecule has 17 heavy (non-hydrogen) atoms. The molecule has 0 saturated carbocycles. The van der Waals surface area contributed by atoms with Gasteiger partial charge in [-0.25, -0.2) is 0 Å². The Balaban J connectivity index is 2.05. The molecule has 0 spiro atoms. The fourth-order valence-corrected chi connectivity index (χ4v) is 2.11. The minimum atomic E-state index is 0.00685. The first-order chi connectivity index (χ1) is 8.31. The van der Waals surface area contributed by atoms with Gasteiger partial charge in [0, 0.05) is 11.6 Å². The van der Waals surface area contributed by atoms with Gasteiger partial charge in [0.15, 0.2) is 0 Å². The maximum atomic E-state index is 12.1. The Kier molecular flexibility index (Phi) is 3.94. The van der Waals surface area contributed by atoms with Crippen LogP contribution in [0.1, 0.15) is 28.8 Å². The zero-order valence-electron chi connectivity index (χ0n) is 9.91. The Hall–Kier alpha value is -1.61. The molecule has 1 amide bonds. The summed E-state index contributed by atoms with van der Waals surface area (Å²) in [5.74, 6) is 0.00685. The summed E-state index contributed by atoms with van der Waals surface area (Å²) in [6.07, 6.45) is 3.72. The monoisotopic (exact) mass is 230 g/mol. The largest absolute Gasteiger partial charge is 0.349 e. The molecule has 3 heteroatoms. The van der Waals surface area contributed by atoms with Gasteiger partial charge in [0.2, 0.25) is 0 Å². The zero-order valence-corrected chi connectivity index (χ0v) is 9.91. The van der Waals surface area contributed by atoms with E-state index < -0.39 is 0 Å². The van der Waals surface area contributed by atoms with E-state index in [2.05, 4.69) is 17.2 Å². The molecule has 2 N–H and O–H groups in total. The second-order valence-electron chi connectivity index (χ2n) is 4.29. The average Bonchev–Trinajstić information content (AvgIpc) is 2.40. The molecule has 1 aliphatic heterocycles. The molecule has 90 valence electrons. The van der Waals surface area contributed by atoms with Crippen LogP contribution in [0.2, 0.25) is 0 Å². The first kappa shape index (κ1) is 11.9. The molecule has 1 saturated heterocycles. The van der Waals surface area contributed by atoms with Crippen molar-refractivity contribution < 1.29 is 4.79 Å². The molecule has 2 rings (SSSR count). The lowest BCUT2D eigenvalue weighted by molar-refractivity contribution is 0.0929. The highest BCUT2D eigenvalue weighted by atomic mass is 16.1. The summed E-state index contributed by atoms with van der Waals surface area (Å²) in [5.41, 5.74) is 1.60. The number of carbonyl (C=O) groups is 1. The van der Waals surface area contributed by atoms with Crippen molar-refractivity contribution in [2.75, 3.05) is 13.1 Å². The average molecular weight is 230 g/mol. The Morgan fingerprint density at radius 2 is 2.06 bits per heavy atom. The van der Waals surface area contributed by atoms with E-state index in [0.29, 0.717) is 11.6 Å². The predicted molar refractivity (Wildman–Crippen MR) is 69.9 cm³/mol. The first-order valence-corrected chi connectivity index (χ1v) is 6.04. The van der Waals surface area contributed by atoms with Gasteiger partial charge >= 0.3 is 0 Å². The highest BCUT2D eigenvalue weighted by Crippen LogP contribution is 2.11. The van der Waals surface area contributed by atoms with Gasteiger partial charge in [-0.1, -0.05) is 30.9 Å². The molecule has 1 aromatic rings. The van der Waals surface area contributed by atoms with Gasteiger partial charge in [-0.15, -0.1) is 0 Å². The number of rotatable bonds is 3. The third-order valence-electron chi connectivity index (χ3n) is 3.10. The van der Waals surface area contributed by atoms with E-state index in [1.165, 1.54) is 0 Å². The maximum absolute atomic E-state index is 12.1. The van der Waals surface area contributed by atoms with Crippen LogP contribution in [-0.2, 0) is 0 Å². The third kappa shape index (κ3) is 2.94. The van der Waals surface area contributed by atoms with Crippen LogP contribution in [0.25, 0.3) is 6.08 Å². The van der Waals surface area contributed by atoms with Gasteiger partial charge in [0.05, 0.1) is 0 Å². The molecule has 0 bridgehead atoms. The molecule has 0 aromatic heterocycles. The smallest absolute Gasteiger partial charge is 0.252 e. The van der Waals surface area contributed by atoms with Crippen LogP contribution < -0.4 is 10.6 Å². The molecule has 0 atom stereocenters. The molecule has 1 aliphatic rings. The number of hydrogen-bond donors (Lipinski definition) is 2. The van der Waals surface area contributed by atoms with Crippen LogP contribution in [0.4, 0.5) is 0 Å². The first-order valence-electron chi connectivity index (χ1n) is 6.04. The van der Waals surface area contributed by atoms with Crippen LogP contribution in [0.15, 0.2) is 30.8 Å². The van der Waals surface area contributed by atoms with E-state index in [0.717, 1.165) is 31.5 Å². The molecular formula is C14H18N2O. The normalized spacial score (nSPS) is 16.5. The van der Waals surface area contributed by atoms with Crippen molar-refractivity contribution in [2.24, 2.45) is 0 Å². The van der Waals surface area contributed by atoms with E-state index in [-0.39, 0.29) is 5.91 Å². The number of carbonyl (C=O) groups excluding carboxylic acids is 1. The Labute approximate surface area is 102 Å². The summed E-state index contributed by atoms with van der Waals surface area (Å²) in [6.45, 7) is 5.69. The van der Waals surface area contributed by atoms with Crippen molar-refractivity contribution in [3.63, 3.8) is 0 Å². The second-order valence-corrected chi connectivity index (χ2v) is 4.29. The lowest BCUT2D eigenvalue weighted by atomic mass is 10.0. The van der Waals surface area contributed by atoms with Gasteiger partial charge < -0.3 is 10.6 Å². The predicted octanol–water partition coefficient (Wildman–Crippen LogP) is 1.81. The molecule has 1 fully saturated rings. The van der Waals surface area contributed by atoms with Crippen LogP contribution in [-0.4, -0.2) is 25.0 Å². The fourth-order valence-electron chi connectivity index (χ4n) is 2.11. The van der Waals surface area contributed by atoms with E-state index in [1.54, 1.807) is 6.08 Å². The molecular weight excluding hydrogens is 212 g/mol. The van der Waals surface area contributed by atoms with E-state index in [1.807, 2.05) is 24.3 Å². The summed E-state index contributed by atoms with van der Waals surface area (Å²) in [5, 5.41) is 6.37. The number of amides is 1. The van der Waals surface area contributed by atoms with Crippen molar-refractivity contribution in [2.45, 2.75) is 18.9 Å². The Morgan fingerprint density at radius 1 is 1.35 bits per heavy atom. The summed E-state index contributed by atoms with van der Waals surface area (Å²) in [4.78, 5) is 12.1. The van der Waals surface area contributed by atoms with Crippen LogP contribution in [0.3, 0.4) is 0 Å². The van der Waals surface area contributed by atoms with Gasteiger partial charge in [-0.3, -0.25) is 4.79 Å². The Bertz CT molecular complexity index is 408.